The van der Waals surface area contributed by atoms with E-state index in [-0.39, 0.29) is 5.56 Å². The second-order valence-electron chi connectivity index (χ2n) is 4.85. The van der Waals surface area contributed by atoms with E-state index < -0.39 is 11.5 Å². The van der Waals surface area contributed by atoms with Gasteiger partial charge in [0, 0.05) is 25.5 Å². The van der Waals surface area contributed by atoms with E-state index >= 15 is 0 Å². The first kappa shape index (κ1) is 15.5. The number of nitrogens with one attached hydrogen (secondary N) is 3. The van der Waals surface area contributed by atoms with E-state index in [4.69, 9.17) is 4.42 Å². The Morgan fingerprint density at radius 1 is 1.12 bits per heavy atom. The zero-order valence-electron chi connectivity index (χ0n) is 12.7. The van der Waals surface area contributed by atoms with Gasteiger partial charge in [0.1, 0.15) is 11.3 Å². The van der Waals surface area contributed by atoms with E-state index in [0.717, 1.165) is 0 Å². The average Bonchev–Trinajstić information content (AvgIpc) is 3.14. The van der Waals surface area contributed by atoms with Crippen LogP contribution in [0.1, 0.15) is 10.4 Å². The number of pyridine rings is 1. The molecule has 0 bridgehead atoms. The van der Waals surface area contributed by atoms with Gasteiger partial charge in [0.25, 0.3) is 11.5 Å². The van der Waals surface area contributed by atoms with Crippen molar-refractivity contribution < 1.29 is 9.21 Å². The lowest BCUT2D eigenvalue weighted by molar-refractivity contribution is 0.0953. The molecule has 0 atom stereocenters. The summed E-state index contributed by atoms with van der Waals surface area (Å²) in [5, 5.41) is 5.62. The first-order chi connectivity index (χ1) is 11.7. The lowest BCUT2D eigenvalue weighted by Crippen LogP contribution is -2.33. The van der Waals surface area contributed by atoms with Gasteiger partial charge in [-0.15, -0.1) is 0 Å². The van der Waals surface area contributed by atoms with Gasteiger partial charge in [0.05, 0.1) is 12.0 Å². The standard InChI is InChI=1S/C16H15N5O3/c22-14(17-8-9-20-16-18-6-2-7-19-16)11-4-5-12(21-15(11)23)13-3-1-10-24-13/h1-7,10H,8-9H2,(H,17,22)(H,21,23)(H,18,19,20). The van der Waals surface area contributed by atoms with Gasteiger partial charge >= 0.3 is 0 Å². The van der Waals surface area contributed by atoms with Gasteiger partial charge in [-0.05, 0) is 30.3 Å². The molecule has 3 rings (SSSR count). The number of rotatable bonds is 6. The number of anilines is 1. The van der Waals surface area contributed by atoms with Crippen molar-refractivity contribution in [3.05, 3.63) is 64.9 Å². The summed E-state index contributed by atoms with van der Waals surface area (Å²) in [6, 6.07) is 8.26. The minimum atomic E-state index is -0.472. The molecule has 3 aromatic heterocycles. The number of amides is 1. The Labute approximate surface area is 137 Å². The number of aromatic nitrogens is 3. The van der Waals surface area contributed by atoms with Crippen LogP contribution >= 0.6 is 0 Å². The Balaban J connectivity index is 1.56. The van der Waals surface area contributed by atoms with Crippen molar-refractivity contribution in [1.29, 1.82) is 0 Å². The summed E-state index contributed by atoms with van der Waals surface area (Å²) in [7, 11) is 0. The largest absolute Gasteiger partial charge is 0.463 e. The third kappa shape index (κ3) is 3.67. The summed E-state index contributed by atoms with van der Waals surface area (Å²) in [4.78, 5) is 34.7. The Kier molecular flexibility index (Phi) is 4.66. The molecule has 0 spiro atoms. The number of furan rings is 1. The zero-order chi connectivity index (χ0) is 16.8. The monoisotopic (exact) mass is 325 g/mol. The van der Waals surface area contributed by atoms with Gasteiger partial charge in [0.15, 0.2) is 0 Å². The zero-order valence-corrected chi connectivity index (χ0v) is 12.7. The molecule has 3 heterocycles. The maximum Gasteiger partial charge on any atom is 0.261 e. The molecule has 122 valence electrons. The molecule has 3 N–H and O–H groups in total. The van der Waals surface area contributed by atoms with Crippen molar-refractivity contribution in [3.63, 3.8) is 0 Å². The molecule has 0 aliphatic carbocycles. The molecule has 0 radical (unpaired) electrons. The smallest absolute Gasteiger partial charge is 0.261 e. The number of hydrogen-bond donors (Lipinski definition) is 3. The highest BCUT2D eigenvalue weighted by Gasteiger charge is 2.11. The molecule has 0 aromatic carbocycles. The lowest BCUT2D eigenvalue weighted by atomic mass is 10.2. The van der Waals surface area contributed by atoms with Crippen molar-refractivity contribution in [2.45, 2.75) is 0 Å². The maximum atomic E-state index is 12.1. The summed E-state index contributed by atoms with van der Waals surface area (Å²) < 4.78 is 5.21. The van der Waals surface area contributed by atoms with Crippen molar-refractivity contribution in [3.8, 4) is 11.5 Å². The molecule has 0 saturated heterocycles. The summed E-state index contributed by atoms with van der Waals surface area (Å²) in [5.41, 5.74) is 0.0893. The molecule has 0 unspecified atom stereocenters. The predicted octanol–water partition coefficient (Wildman–Crippen LogP) is 1.27. The Bertz CT molecular complexity index is 859. The van der Waals surface area contributed by atoms with E-state index in [9.17, 15) is 9.59 Å². The van der Waals surface area contributed by atoms with Crippen LogP contribution in [0.2, 0.25) is 0 Å². The molecule has 0 aliphatic rings. The van der Waals surface area contributed by atoms with Crippen LogP contribution in [0.4, 0.5) is 5.95 Å². The second-order valence-corrected chi connectivity index (χ2v) is 4.85. The summed E-state index contributed by atoms with van der Waals surface area (Å²) in [6.07, 6.45) is 4.75. The van der Waals surface area contributed by atoms with Crippen LogP contribution in [0.25, 0.3) is 11.5 Å². The van der Waals surface area contributed by atoms with Crippen LogP contribution in [-0.2, 0) is 0 Å². The van der Waals surface area contributed by atoms with Crippen LogP contribution in [0.3, 0.4) is 0 Å². The Hall–Kier alpha value is -3.42. The van der Waals surface area contributed by atoms with Gasteiger partial charge in [-0.2, -0.15) is 0 Å². The van der Waals surface area contributed by atoms with Crippen LogP contribution < -0.4 is 16.2 Å². The fourth-order valence-corrected chi connectivity index (χ4v) is 2.06. The third-order valence-electron chi connectivity index (χ3n) is 3.20. The van der Waals surface area contributed by atoms with E-state index in [0.29, 0.717) is 30.5 Å². The van der Waals surface area contributed by atoms with Gasteiger partial charge in [-0.25, -0.2) is 9.97 Å². The molecule has 3 aromatic rings. The topological polar surface area (TPSA) is 113 Å². The number of carbonyl (C=O) groups excluding carboxylic acids is 1. The van der Waals surface area contributed by atoms with Crippen molar-refractivity contribution in [2.75, 3.05) is 18.4 Å². The molecular weight excluding hydrogens is 310 g/mol. The quantitative estimate of drug-likeness (QED) is 0.588. The lowest BCUT2D eigenvalue weighted by Gasteiger charge is -2.06. The third-order valence-corrected chi connectivity index (χ3v) is 3.20. The van der Waals surface area contributed by atoms with Gasteiger partial charge in [-0.1, -0.05) is 0 Å². The summed E-state index contributed by atoms with van der Waals surface area (Å²) >= 11 is 0. The highest BCUT2D eigenvalue weighted by molar-refractivity contribution is 5.94. The molecule has 8 heteroatoms. The summed E-state index contributed by atoms with van der Waals surface area (Å²) in [5.74, 6) is 0.566. The number of carbonyl (C=O) groups is 1. The normalized spacial score (nSPS) is 10.3. The molecule has 8 nitrogen and oxygen atoms in total. The highest BCUT2D eigenvalue weighted by atomic mass is 16.3. The van der Waals surface area contributed by atoms with Crippen LogP contribution in [0, 0.1) is 0 Å². The number of aromatic amines is 1. The van der Waals surface area contributed by atoms with E-state index in [2.05, 4.69) is 25.6 Å². The Morgan fingerprint density at radius 3 is 2.67 bits per heavy atom. The molecular formula is C16H15N5O3. The molecule has 0 aliphatic heterocycles. The average molecular weight is 325 g/mol. The SMILES string of the molecule is O=C(NCCNc1ncccn1)c1ccc(-c2ccco2)[nH]c1=O. The van der Waals surface area contributed by atoms with Crippen molar-refractivity contribution in [2.24, 2.45) is 0 Å². The van der Waals surface area contributed by atoms with Crippen LogP contribution in [-0.4, -0.2) is 33.9 Å². The number of hydrogen-bond acceptors (Lipinski definition) is 6. The summed E-state index contributed by atoms with van der Waals surface area (Å²) in [6.45, 7) is 0.772. The fourth-order valence-electron chi connectivity index (χ4n) is 2.06. The first-order valence-electron chi connectivity index (χ1n) is 7.30. The second kappa shape index (κ2) is 7.23. The minimum absolute atomic E-state index is 0.0428. The molecule has 0 saturated carbocycles. The van der Waals surface area contributed by atoms with E-state index in [1.807, 2.05) is 0 Å². The molecule has 1 amide bonds. The number of H-pyrrole nitrogens is 1. The van der Waals surface area contributed by atoms with Crippen molar-refractivity contribution in [1.82, 2.24) is 20.3 Å². The fraction of sp³-hybridized carbons (Fsp3) is 0.125. The van der Waals surface area contributed by atoms with Crippen molar-refractivity contribution >= 4 is 11.9 Å². The number of nitrogens with zero attached hydrogens (tertiary/aromatic N) is 2. The van der Waals surface area contributed by atoms with Gasteiger partial charge < -0.3 is 20.0 Å². The van der Waals surface area contributed by atoms with Gasteiger partial charge in [-0.3, -0.25) is 9.59 Å². The van der Waals surface area contributed by atoms with E-state index in [1.54, 1.807) is 36.7 Å². The first-order valence-corrected chi connectivity index (χ1v) is 7.30. The van der Waals surface area contributed by atoms with Crippen LogP contribution in [0.5, 0.6) is 0 Å². The molecule has 0 fully saturated rings. The van der Waals surface area contributed by atoms with Gasteiger partial charge in [0.2, 0.25) is 5.95 Å². The maximum absolute atomic E-state index is 12.1. The highest BCUT2D eigenvalue weighted by Crippen LogP contribution is 2.15. The molecule has 24 heavy (non-hydrogen) atoms. The van der Waals surface area contributed by atoms with E-state index in [1.165, 1.54) is 12.3 Å². The minimum Gasteiger partial charge on any atom is -0.463 e. The predicted molar refractivity (Wildman–Crippen MR) is 87.6 cm³/mol. The van der Waals surface area contributed by atoms with Crippen LogP contribution in [0.15, 0.2) is 58.2 Å². The Morgan fingerprint density at radius 2 is 1.96 bits per heavy atom.